The Morgan fingerprint density at radius 3 is 2.81 bits per heavy atom. The molecule has 2 aliphatic carbocycles. The number of carbonyl (C=O) groups is 1. The summed E-state index contributed by atoms with van der Waals surface area (Å²) in [5.41, 5.74) is 1.78. The van der Waals surface area contributed by atoms with Crippen molar-refractivity contribution < 1.29 is 14.3 Å². The van der Waals surface area contributed by atoms with E-state index in [4.69, 9.17) is 14.6 Å². The summed E-state index contributed by atoms with van der Waals surface area (Å²) in [6.45, 7) is 7.57. The number of hydrogen-bond acceptors (Lipinski definition) is 4. The summed E-state index contributed by atoms with van der Waals surface area (Å²) in [5.74, 6) is 0.609. The Hall–Kier alpha value is -1.88. The summed E-state index contributed by atoms with van der Waals surface area (Å²) in [4.78, 5) is 12.6. The highest BCUT2D eigenvalue weighted by atomic mass is 16.6. The third-order valence-electron chi connectivity index (χ3n) is 6.87. The average Bonchev–Trinajstić information content (AvgIpc) is 3.15. The zero-order chi connectivity index (χ0) is 18.4. The zero-order valence-corrected chi connectivity index (χ0v) is 15.9. The number of hydrogen-bond donors (Lipinski definition) is 0. The minimum Gasteiger partial charge on any atom is -0.442 e. The first-order chi connectivity index (χ1) is 12.5. The number of carbonyl (C=O) groups excluding carboxylic acids is 1. The fourth-order valence-corrected chi connectivity index (χ4v) is 5.20. The van der Waals surface area contributed by atoms with E-state index in [0.717, 1.165) is 37.0 Å². The first-order valence-corrected chi connectivity index (χ1v) is 9.68. The lowest BCUT2D eigenvalue weighted by Gasteiger charge is -2.39. The van der Waals surface area contributed by atoms with Gasteiger partial charge in [0.05, 0.1) is 18.9 Å². The second kappa shape index (κ2) is 6.38. The van der Waals surface area contributed by atoms with E-state index in [0.29, 0.717) is 19.1 Å². The molecule has 0 aromatic heterocycles. The molecule has 3 fully saturated rings. The summed E-state index contributed by atoms with van der Waals surface area (Å²) in [6.07, 6.45) is 3.54. The standard InChI is InChI=1S/C21H28N2O3/c1-4-17(14-25-13-15-8-6-5-7-9-15)22-23-19(24)26-18-12-16-10-11-21(18,23)20(16,2)3/h5-9,16,18H,4,10-14H2,1-3H3/b22-17+/t16-,18-,21-/m1/s1. The van der Waals surface area contributed by atoms with Crippen molar-refractivity contribution in [2.45, 2.75) is 64.7 Å². The SMILES string of the molecule is CC/C(COCc1ccccc1)=N\N1C(=O)O[C@@H]2C[C@H]3CC[C@]21C3(C)C. The first-order valence-electron chi connectivity index (χ1n) is 9.68. The third kappa shape index (κ3) is 2.48. The molecule has 1 aromatic rings. The maximum Gasteiger partial charge on any atom is 0.431 e. The van der Waals surface area contributed by atoms with Crippen molar-refractivity contribution in [3.8, 4) is 0 Å². The fourth-order valence-electron chi connectivity index (χ4n) is 5.20. The third-order valence-corrected chi connectivity index (χ3v) is 6.87. The summed E-state index contributed by atoms with van der Waals surface area (Å²) in [5, 5.41) is 6.44. The minimum absolute atomic E-state index is 0.0177. The van der Waals surface area contributed by atoms with Crippen LogP contribution in [0.5, 0.6) is 0 Å². The van der Waals surface area contributed by atoms with Crippen LogP contribution in [0.4, 0.5) is 4.79 Å². The quantitative estimate of drug-likeness (QED) is 0.711. The molecule has 1 aromatic carbocycles. The van der Waals surface area contributed by atoms with Crippen LogP contribution < -0.4 is 0 Å². The highest BCUT2D eigenvalue weighted by molar-refractivity contribution is 5.87. The zero-order valence-electron chi connectivity index (χ0n) is 15.9. The highest BCUT2D eigenvalue weighted by Gasteiger charge is 2.73. The Labute approximate surface area is 155 Å². The van der Waals surface area contributed by atoms with E-state index in [1.54, 1.807) is 5.01 Å². The number of nitrogens with zero attached hydrogens (tertiary/aromatic N) is 2. The Bertz CT molecular complexity index is 715. The Morgan fingerprint density at radius 1 is 1.35 bits per heavy atom. The number of amides is 1. The number of fused-ring (bicyclic) bond motifs is 1. The number of hydrazone groups is 1. The molecule has 1 amide bonds. The van der Waals surface area contributed by atoms with Crippen LogP contribution in [0.15, 0.2) is 35.4 Å². The van der Waals surface area contributed by atoms with Gasteiger partial charge in [-0.3, -0.25) is 0 Å². The van der Waals surface area contributed by atoms with Crippen LogP contribution in [0, 0.1) is 11.3 Å². The van der Waals surface area contributed by atoms with Gasteiger partial charge < -0.3 is 9.47 Å². The highest BCUT2D eigenvalue weighted by Crippen LogP contribution is 2.65. The van der Waals surface area contributed by atoms with Crippen LogP contribution in [0.2, 0.25) is 0 Å². The molecule has 2 saturated carbocycles. The summed E-state index contributed by atoms with van der Waals surface area (Å²) in [7, 11) is 0. The van der Waals surface area contributed by atoms with Gasteiger partial charge in [-0.1, -0.05) is 51.1 Å². The molecule has 4 rings (SSSR count). The smallest absolute Gasteiger partial charge is 0.431 e. The van der Waals surface area contributed by atoms with Crippen LogP contribution in [-0.4, -0.2) is 35.1 Å². The van der Waals surface area contributed by atoms with Gasteiger partial charge >= 0.3 is 6.09 Å². The molecule has 5 nitrogen and oxygen atoms in total. The van der Waals surface area contributed by atoms with Crippen LogP contribution in [0.1, 0.15) is 52.0 Å². The summed E-state index contributed by atoms with van der Waals surface area (Å²) >= 11 is 0. The fraction of sp³-hybridized carbons (Fsp3) is 0.619. The van der Waals surface area contributed by atoms with Gasteiger partial charge in [-0.25, -0.2) is 4.79 Å². The molecule has 3 aliphatic rings. The van der Waals surface area contributed by atoms with Crippen LogP contribution in [-0.2, 0) is 16.1 Å². The normalized spacial score (nSPS) is 32.0. The monoisotopic (exact) mass is 356 g/mol. The molecule has 1 spiro atoms. The lowest BCUT2D eigenvalue weighted by atomic mass is 9.75. The number of ether oxygens (including phenoxy) is 2. The molecule has 0 radical (unpaired) electrons. The largest absolute Gasteiger partial charge is 0.442 e. The van der Waals surface area contributed by atoms with Crippen LogP contribution >= 0.6 is 0 Å². The molecule has 0 N–H and O–H groups in total. The Balaban J connectivity index is 1.50. The van der Waals surface area contributed by atoms with E-state index in [-0.39, 0.29) is 23.2 Å². The molecule has 1 saturated heterocycles. The summed E-state index contributed by atoms with van der Waals surface area (Å²) in [6, 6.07) is 10.1. The molecule has 1 heterocycles. The second-order valence-corrected chi connectivity index (χ2v) is 8.30. The molecule has 140 valence electrons. The molecule has 1 aliphatic heterocycles. The van der Waals surface area contributed by atoms with Crippen molar-refractivity contribution in [3.05, 3.63) is 35.9 Å². The topological polar surface area (TPSA) is 51.1 Å². The average molecular weight is 356 g/mol. The Kier molecular flexibility index (Phi) is 4.30. The van der Waals surface area contributed by atoms with Crippen LogP contribution in [0.3, 0.4) is 0 Å². The lowest BCUT2D eigenvalue weighted by Crippen LogP contribution is -2.53. The molecular weight excluding hydrogens is 328 g/mol. The van der Waals surface area contributed by atoms with E-state index in [1.807, 2.05) is 30.3 Å². The minimum atomic E-state index is -0.294. The van der Waals surface area contributed by atoms with Crippen molar-refractivity contribution >= 4 is 11.8 Å². The van der Waals surface area contributed by atoms with Crippen molar-refractivity contribution in [2.24, 2.45) is 16.4 Å². The predicted octanol–water partition coefficient (Wildman–Crippen LogP) is 4.37. The predicted molar refractivity (Wildman–Crippen MR) is 99.8 cm³/mol. The van der Waals surface area contributed by atoms with Gasteiger partial charge in [0.25, 0.3) is 0 Å². The maximum atomic E-state index is 12.6. The van der Waals surface area contributed by atoms with Crippen molar-refractivity contribution in [3.63, 3.8) is 0 Å². The van der Waals surface area contributed by atoms with Crippen molar-refractivity contribution in [1.29, 1.82) is 0 Å². The van der Waals surface area contributed by atoms with Gasteiger partial charge in [0.15, 0.2) is 0 Å². The van der Waals surface area contributed by atoms with Crippen molar-refractivity contribution in [1.82, 2.24) is 5.01 Å². The number of benzene rings is 1. The second-order valence-electron chi connectivity index (χ2n) is 8.30. The van der Waals surface area contributed by atoms with E-state index >= 15 is 0 Å². The maximum absolute atomic E-state index is 12.6. The van der Waals surface area contributed by atoms with E-state index in [9.17, 15) is 4.79 Å². The molecule has 0 unspecified atom stereocenters. The van der Waals surface area contributed by atoms with E-state index in [1.165, 1.54) is 0 Å². The lowest BCUT2D eigenvalue weighted by molar-refractivity contribution is 0.0560. The van der Waals surface area contributed by atoms with Gasteiger partial charge in [0.1, 0.15) is 11.6 Å². The Morgan fingerprint density at radius 2 is 2.12 bits per heavy atom. The van der Waals surface area contributed by atoms with E-state index in [2.05, 4.69) is 20.8 Å². The van der Waals surface area contributed by atoms with Gasteiger partial charge in [-0.15, -0.1) is 0 Å². The number of rotatable bonds is 6. The first kappa shape index (κ1) is 17.5. The van der Waals surface area contributed by atoms with Gasteiger partial charge in [-0.2, -0.15) is 10.1 Å². The molecule has 5 heteroatoms. The summed E-state index contributed by atoms with van der Waals surface area (Å²) < 4.78 is 11.6. The molecular formula is C21H28N2O3. The van der Waals surface area contributed by atoms with Crippen molar-refractivity contribution in [2.75, 3.05) is 6.61 Å². The van der Waals surface area contributed by atoms with E-state index < -0.39 is 0 Å². The van der Waals surface area contributed by atoms with Gasteiger partial charge in [0.2, 0.25) is 0 Å². The molecule has 2 bridgehead atoms. The van der Waals surface area contributed by atoms with Gasteiger partial charge in [0, 0.05) is 0 Å². The van der Waals surface area contributed by atoms with Crippen LogP contribution in [0.25, 0.3) is 0 Å². The molecule has 3 atom stereocenters. The molecule has 26 heavy (non-hydrogen) atoms. The van der Waals surface area contributed by atoms with Gasteiger partial charge in [-0.05, 0) is 42.6 Å².